The van der Waals surface area contributed by atoms with Crippen LogP contribution in [-0.2, 0) is 6.54 Å². The van der Waals surface area contributed by atoms with Crippen molar-refractivity contribution in [2.45, 2.75) is 31.2 Å². The molecule has 0 bridgehead atoms. The summed E-state index contributed by atoms with van der Waals surface area (Å²) in [5.41, 5.74) is 1.73. The Morgan fingerprint density at radius 2 is 2.00 bits per heavy atom. The molecule has 11 heteroatoms. The average Bonchev–Trinajstić information content (AvgIpc) is 3.58. The molecule has 8 nitrogen and oxygen atoms in total. The second-order valence-corrected chi connectivity index (χ2v) is 7.66. The van der Waals surface area contributed by atoms with Gasteiger partial charge in [-0.3, -0.25) is 4.79 Å². The van der Waals surface area contributed by atoms with E-state index in [0.717, 1.165) is 22.1 Å². The maximum absolute atomic E-state index is 13.7. The van der Waals surface area contributed by atoms with Crippen LogP contribution in [0.3, 0.4) is 0 Å². The van der Waals surface area contributed by atoms with Gasteiger partial charge < -0.3 is 15.1 Å². The molecule has 0 aliphatic carbocycles. The Labute approximate surface area is 186 Å². The number of furan rings is 1. The van der Waals surface area contributed by atoms with Gasteiger partial charge in [0.05, 0.1) is 24.2 Å². The van der Waals surface area contributed by atoms with Gasteiger partial charge in [0.1, 0.15) is 17.1 Å². The van der Waals surface area contributed by atoms with E-state index >= 15 is 0 Å². The van der Waals surface area contributed by atoms with E-state index in [4.69, 9.17) is 4.42 Å². The predicted molar refractivity (Wildman–Crippen MR) is 112 cm³/mol. The highest BCUT2D eigenvalue weighted by atomic mass is 19.4. The van der Waals surface area contributed by atoms with Crippen molar-refractivity contribution in [2.75, 3.05) is 5.32 Å². The van der Waals surface area contributed by atoms with Crippen LogP contribution in [0.1, 0.15) is 40.2 Å². The summed E-state index contributed by atoms with van der Waals surface area (Å²) in [7, 11) is 0. The lowest BCUT2D eigenvalue weighted by Crippen LogP contribution is -2.36. The molecule has 0 radical (unpaired) electrons. The summed E-state index contributed by atoms with van der Waals surface area (Å²) in [4.78, 5) is 12.8. The molecule has 2 atom stereocenters. The molecule has 2 N–H and O–H groups in total. The molecule has 1 aliphatic heterocycles. The number of carbonyl (C=O) groups excluding carboxylic acids is 1. The Morgan fingerprint density at radius 3 is 2.67 bits per heavy atom. The van der Waals surface area contributed by atoms with Crippen LogP contribution in [0, 0.1) is 0 Å². The number of fused-ring (bicyclic) bond motifs is 1. The third kappa shape index (κ3) is 4.09. The fraction of sp³-hybridized carbons (Fsp3) is 0.227. The lowest BCUT2D eigenvalue weighted by atomic mass is 10.0. The van der Waals surface area contributed by atoms with Crippen LogP contribution in [0.2, 0.25) is 0 Å². The number of alkyl halides is 3. The van der Waals surface area contributed by atoms with Crippen LogP contribution in [0.5, 0.6) is 0 Å². The number of carbonyl (C=O) groups is 1. The number of rotatable bonds is 5. The van der Waals surface area contributed by atoms with Crippen molar-refractivity contribution in [1.82, 2.24) is 24.9 Å². The maximum atomic E-state index is 13.7. The summed E-state index contributed by atoms with van der Waals surface area (Å²) >= 11 is 0. The minimum Gasteiger partial charge on any atom is -0.467 e. The molecule has 33 heavy (non-hydrogen) atoms. The third-order valence-electron chi connectivity index (χ3n) is 5.53. The molecule has 3 aromatic heterocycles. The Hall–Kier alpha value is -4.02. The molecular weight excluding hydrogens is 437 g/mol. The van der Waals surface area contributed by atoms with Gasteiger partial charge in [0.2, 0.25) is 0 Å². The SMILES string of the molecule is O=C(NCc1ccc(-n2cccn2)cc1)c1cnn2c1N[C@H](c1ccco1)C[C@@H]2C(F)(F)F. The van der Waals surface area contributed by atoms with Crippen molar-refractivity contribution < 1.29 is 22.4 Å². The van der Waals surface area contributed by atoms with Gasteiger partial charge in [0, 0.05) is 25.4 Å². The van der Waals surface area contributed by atoms with Gasteiger partial charge in [-0.15, -0.1) is 0 Å². The van der Waals surface area contributed by atoms with E-state index in [0.29, 0.717) is 5.76 Å². The Morgan fingerprint density at radius 1 is 1.18 bits per heavy atom. The first-order valence-corrected chi connectivity index (χ1v) is 10.2. The van der Waals surface area contributed by atoms with Crippen LogP contribution >= 0.6 is 0 Å². The minimum absolute atomic E-state index is 0.0107. The molecule has 0 saturated carbocycles. The number of aromatic nitrogens is 4. The van der Waals surface area contributed by atoms with E-state index in [-0.39, 0.29) is 24.3 Å². The highest BCUT2D eigenvalue weighted by molar-refractivity contribution is 5.98. The normalized spacial score (nSPS) is 17.9. The van der Waals surface area contributed by atoms with E-state index in [1.165, 1.54) is 6.26 Å². The quantitative estimate of drug-likeness (QED) is 0.469. The van der Waals surface area contributed by atoms with E-state index in [9.17, 15) is 18.0 Å². The lowest BCUT2D eigenvalue weighted by molar-refractivity contribution is -0.174. The fourth-order valence-corrected chi connectivity index (χ4v) is 3.87. The third-order valence-corrected chi connectivity index (χ3v) is 5.53. The molecule has 170 valence electrons. The van der Waals surface area contributed by atoms with E-state index in [1.807, 2.05) is 36.5 Å². The first kappa shape index (κ1) is 20.9. The molecule has 1 amide bonds. The van der Waals surface area contributed by atoms with Crippen molar-refractivity contribution in [3.63, 3.8) is 0 Å². The molecule has 4 heterocycles. The molecule has 0 saturated heterocycles. The molecular formula is C22H19F3N6O2. The van der Waals surface area contributed by atoms with Crippen molar-refractivity contribution in [3.05, 3.63) is 84.2 Å². The van der Waals surface area contributed by atoms with Crippen molar-refractivity contribution in [1.29, 1.82) is 0 Å². The summed E-state index contributed by atoms with van der Waals surface area (Å²) in [6.45, 7) is 0.202. The number of anilines is 1. The Bertz CT molecular complexity index is 1230. The van der Waals surface area contributed by atoms with E-state index < -0.39 is 24.2 Å². The second kappa shape index (κ2) is 8.15. The van der Waals surface area contributed by atoms with Gasteiger partial charge in [-0.05, 0) is 35.9 Å². The van der Waals surface area contributed by atoms with Crippen LogP contribution in [0.25, 0.3) is 5.69 Å². The van der Waals surface area contributed by atoms with Gasteiger partial charge in [0.15, 0.2) is 6.04 Å². The number of amides is 1. The highest BCUT2D eigenvalue weighted by Crippen LogP contribution is 2.44. The Balaban J connectivity index is 1.34. The number of hydrogen-bond donors (Lipinski definition) is 2. The van der Waals surface area contributed by atoms with Crippen LogP contribution in [0.4, 0.5) is 19.0 Å². The zero-order chi connectivity index (χ0) is 23.0. The maximum Gasteiger partial charge on any atom is 0.410 e. The minimum atomic E-state index is -4.53. The van der Waals surface area contributed by atoms with Gasteiger partial charge >= 0.3 is 6.18 Å². The fourth-order valence-electron chi connectivity index (χ4n) is 3.87. The first-order valence-electron chi connectivity index (χ1n) is 10.2. The molecule has 4 aromatic rings. The zero-order valence-electron chi connectivity index (χ0n) is 17.2. The molecule has 1 aromatic carbocycles. The zero-order valence-corrected chi connectivity index (χ0v) is 17.2. The summed E-state index contributed by atoms with van der Waals surface area (Å²) in [5, 5.41) is 13.8. The van der Waals surface area contributed by atoms with Crippen LogP contribution < -0.4 is 10.6 Å². The van der Waals surface area contributed by atoms with E-state index in [1.54, 1.807) is 23.0 Å². The molecule has 1 aliphatic rings. The van der Waals surface area contributed by atoms with Crippen molar-refractivity contribution >= 4 is 11.7 Å². The highest BCUT2D eigenvalue weighted by Gasteiger charge is 2.47. The molecule has 0 fully saturated rings. The second-order valence-electron chi connectivity index (χ2n) is 7.66. The first-order chi connectivity index (χ1) is 15.9. The Kier molecular flexibility index (Phi) is 5.15. The monoisotopic (exact) mass is 456 g/mol. The average molecular weight is 456 g/mol. The van der Waals surface area contributed by atoms with Gasteiger partial charge in [-0.2, -0.15) is 23.4 Å². The lowest BCUT2D eigenvalue weighted by Gasteiger charge is -2.32. The summed E-state index contributed by atoms with van der Waals surface area (Å²) < 4.78 is 49.0. The number of halogens is 3. The summed E-state index contributed by atoms with van der Waals surface area (Å²) in [6, 6.07) is 9.82. The number of nitrogens with one attached hydrogen (secondary N) is 2. The molecule has 0 unspecified atom stereocenters. The van der Waals surface area contributed by atoms with Crippen LogP contribution in [0.15, 0.2) is 71.7 Å². The van der Waals surface area contributed by atoms with Gasteiger partial charge in [-0.1, -0.05) is 12.1 Å². The number of benzene rings is 1. The van der Waals surface area contributed by atoms with Crippen molar-refractivity contribution in [2.24, 2.45) is 0 Å². The predicted octanol–water partition coefficient (Wildman–Crippen LogP) is 4.25. The van der Waals surface area contributed by atoms with Crippen molar-refractivity contribution in [3.8, 4) is 5.69 Å². The molecule has 5 rings (SSSR count). The standard InChI is InChI=1S/C22H19F3N6O2/c23-22(24,25)19-11-17(18-3-1-10-33-18)29-20-16(13-28-31(19)20)21(32)26-12-14-4-6-15(7-5-14)30-9-2-8-27-30/h1-10,13,17,19,29H,11-12H2,(H,26,32)/t17-,19+/m0/s1. The van der Waals surface area contributed by atoms with Gasteiger partial charge in [0.25, 0.3) is 5.91 Å². The van der Waals surface area contributed by atoms with Crippen LogP contribution in [-0.4, -0.2) is 31.6 Å². The molecule has 0 spiro atoms. The summed E-state index contributed by atoms with van der Waals surface area (Å²) in [5.74, 6) is -0.155. The summed E-state index contributed by atoms with van der Waals surface area (Å²) in [6.07, 6.45) is 1.22. The smallest absolute Gasteiger partial charge is 0.410 e. The number of nitrogens with zero attached hydrogens (tertiary/aromatic N) is 4. The number of hydrogen-bond acceptors (Lipinski definition) is 5. The largest absolute Gasteiger partial charge is 0.467 e. The van der Waals surface area contributed by atoms with E-state index in [2.05, 4.69) is 20.8 Å². The van der Waals surface area contributed by atoms with Gasteiger partial charge in [-0.25, -0.2) is 9.36 Å². The topological polar surface area (TPSA) is 89.9 Å².